The fourth-order valence-electron chi connectivity index (χ4n) is 2.16. The second-order valence-corrected chi connectivity index (χ2v) is 6.87. The van der Waals surface area contributed by atoms with Crippen molar-refractivity contribution in [1.82, 2.24) is 4.98 Å². The van der Waals surface area contributed by atoms with E-state index in [0.717, 1.165) is 27.0 Å². The third-order valence-corrected chi connectivity index (χ3v) is 5.14. The van der Waals surface area contributed by atoms with Crippen LogP contribution >= 0.6 is 39.5 Å². The number of halogens is 1. The number of nitrogens with zero attached hydrogens (tertiary/aromatic N) is 2. The van der Waals surface area contributed by atoms with Crippen molar-refractivity contribution in [2.45, 2.75) is 13.8 Å². The number of hydrogen-bond acceptors (Lipinski definition) is 5. The second-order valence-electron chi connectivity index (χ2n) is 4.93. The zero-order chi connectivity index (χ0) is 16.3. The monoisotopic (exact) mass is 397 g/mol. The van der Waals surface area contributed by atoms with Gasteiger partial charge in [-0.25, -0.2) is 4.98 Å². The zero-order valence-corrected chi connectivity index (χ0v) is 15.7. The van der Waals surface area contributed by atoms with Crippen molar-refractivity contribution in [2.75, 3.05) is 23.8 Å². The summed E-state index contributed by atoms with van der Waals surface area (Å²) in [6.07, 6.45) is 0. The van der Waals surface area contributed by atoms with Crippen LogP contribution in [0.3, 0.4) is 0 Å². The predicted molar refractivity (Wildman–Crippen MR) is 100 cm³/mol. The third kappa shape index (κ3) is 3.91. The number of carbonyl (C=O) groups excluding carboxylic acids is 1. The topological polar surface area (TPSA) is 45.2 Å². The number of hydrogen-bond donors (Lipinski definition) is 1. The highest BCUT2D eigenvalue weighted by Gasteiger charge is 2.15. The van der Waals surface area contributed by atoms with Gasteiger partial charge in [-0.15, -0.1) is 11.3 Å². The minimum Gasteiger partial charge on any atom is -0.365 e. The average Bonchev–Trinajstić information content (AvgIpc) is 2.86. The van der Waals surface area contributed by atoms with Crippen molar-refractivity contribution in [3.8, 4) is 0 Å². The molecule has 1 heterocycles. The summed E-state index contributed by atoms with van der Waals surface area (Å²) in [5, 5.41) is 6.97. The Kier molecular flexibility index (Phi) is 5.66. The molecule has 0 fully saturated rings. The van der Waals surface area contributed by atoms with Gasteiger partial charge in [-0.05, 0) is 25.5 Å². The van der Waals surface area contributed by atoms with Gasteiger partial charge in [-0.1, -0.05) is 34.2 Å². The minimum atomic E-state index is -0.105. The highest BCUT2D eigenvalue weighted by atomic mass is 79.9. The molecule has 1 aromatic carbocycles. The molecule has 0 aliphatic heterocycles. The molecule has 7 heteroatoms. The van der Waals surface area contributed by atoms with E-state index >= 15 is 0 Å². The summed E-state index contributed by atoms with van der Waals surface area (Å²) in [7, 11) is 1.88. The molecule has 0 spiro atoms. The van der Waals surface area contributed by atoms with E-state index in [9.17, 15) is 4.79 Å². The van der Waals surface area contributed by atoms with Crippen LogP contribution in [0.4, 0.5) is 10.8 Å². The van der Waals surface area contributed by atoms with Gasteiger partial charge < -0.3 is 10.2 Å². The lowest BCUT2D eigenvalue weighted by molar-refractivity contribution is -0.114. The maximum Gasteiger partial charge on any atom is 0.245 e. The molecule has 4 nitrogen and oxygen atoms in total. The van der Waals surface area contributed by atoms with Crippen LogP contribution in [0.5, 0.6) is 0 Å². The molecule has 22 heavy (non-hydrogen) atoms. The molecule has 0 saturated heterocycles. The van der Waals surface area contributed by atoms with E-state index < -0.39 is 0 Å². The number of anilines is 2. The molecule has 2 rings (SSSR count). The van der Waals surface area contributed by atoms with E-state index in [0.29, 0.717) is 5.13 Å². The number of aromatic nitrogens is 1. The van der Waals surface area contributed by atoms with E-state index in [-0.39, 0.29) is 12.5 Å². The largest absolute Gasteiger partial charge is 0.365 e. The zero-order valence-electron chi connectivity index (χ0n) is 12.5. The first-order valence-corrected chi connectivity index (χ1v) is 8.74. The van der Waals surface area contributed by atoms with Crippen LogP contribution < -0.4 is 10.2 Å². The van der Waals surface area contributed by atoms with Gasteiger partial charge >= 0.3 is 0 Å². The van der Waals surface area contributed by atoms with Crippen molar-refractivity contribution < 1.29 is 4.79 Å². The van der Waals surface area contributed by atoms with Crippen LogP contribution in [0.25, 0.3) is 0 Å². The Bertz CT molecular complexity index is 715. The third-order valence-electron chi connectivity index (χ3n) is 3.15. The lowest BCUT2D eigenvalue weighted by atomic mass is 10.1. The Labute approximate surface area is 147 Å². The van der Waals surface area contributed by atoms with Crippen molar-refractivity contribution >= 4 is 61.6 Å². The SMILES string of the molecule is Cc1csc(NC(=O)CN(C)c2c(C=S)ccc(Br)c2C)n1. The summed E-state index contributed by atoms with van der Waals surface area (Å²) < 4.78 is 0.992. The van der Waals surface area contributed by atoms with Crippen molar-refractivity contribution in [2.24, 2.45) is 0 Å². The molecular weight excluding hydrogens is 382 g/mol. The van der Waals surface area contributed by atoms with E-state index in [1.165, 1.54) is 11.3 Å². The molecular formula is C15H16BrN3OS2. The number of benzene rings is 1. The standard InChI is InChI=1S/C15H16BrN3OS2/c1-9-8-22-15(17-9)18-13(20)6-19(3)14-10(2)12(16)5-4-11(14)7-21/h4-5,7-8H,6H2,1-3H3,(H,17,18,20). The molecule has 0 aliphatic carbocycles. The number of thiocarbonyl (C=S) groups is 1. The van der Waals surface area contributed by atoms with Gasteiger partial charge in [-0.2, -0.15) is 0 Å². The maximum absolute atomic E-state index is 12.2. The lowest BCUT2D eigenvalue weighted by Gasteiger charge is -2.23. The molecule has 0 radical (unpaired) electrons. The molecule has 1 amide bonds. The minimum absolute atomic E-state index is 0.105. The molecule has 0 saturated carbocycles. The second kappa shape index (κ2) is 7.30. The number of thiazole rings is 1. The van der Waals surface area contributed by atoms with Crippen molar-refractivity contribution in [3.05, 3.63) is 38.8 Å². The number of carbonyl (C=O) groups is 1. The Morgan fingerprint density at radius 2 is 2.23 bits per heavy atom. The summed E-state index contributed by atoms with van der Waals surface area (Å²) in [6.45, 7) is 4.13. The van der Waals surface area contributed by atoms with Crippen LogP contribution in [-0.4, -0.2) is 29.9 Å². The summed E-state index contributed by atoms with van der Waals surface area (Å²) in [5.41, 5.74) is 3.84. The first-order valence-electron chi connectivity index (χ1n) is 6.59. The Morgan fingerprint density at radius 1 is 1.50 bits per heavy atom. The van der Waals surface area contributed by atoms with Gasteiger partial charge in [0.15, 0.2) is 5.13 Å². The van der Waals surface area contributed by atoms with Crippen LogP contribution in [0, 0.1) is 13.8 Å². The molecule has 0 atom stereocenters. The molecule has 0 unspecified atom stereocenters. The van der Waals surface area contributed by atoms with Crippen LogP contribution in [-0.2, 0) is 4.79 Å². The summed E-state index contributed by atoms with van der Waals surface area (Å²) in [5.74, 6) is -0.105. The molecule has 0 aliphatic rings. The molecule has 116 valence electrons. The molecule has 0 bridgehead atoms. The molecule has 1 N–H and O–H groups in total. The smallest absolute Gasteiger partial charge is 0.245 e. The van der Waals surface area contributed by atoms with Gasteiger partial charge in [0.2, 0.25) is 5.91 Å². The van der Waals surface area contributed by atoms with Gasteiger partial charge in [0.05, 0.1) is 12.2 Å². The summed E-state index contributed by atoms with van der Waals surface area (Å²) in [4.78, 5) is 18.3. The summed E-state index contributed by atoms with van der Waals surface area (Å²) >= 11 is 10.0. The van der Waals surface area contributed by atoms with Gasteiger partial charge in [0.1, 0.15) is 0 Å². The number of aryl methyl sites for hydroxylation is 1. The molecule has 1 aromatic heterocycles. The number of rotatable bonds is 5. The van der Waals surface area contributed by atoms with Gasteiger partial charge in [-0.3, -0.25) is 4.79 Å². The Balaban J connectivity index is 2.15. The fourth-order valence-corrected chi connectivity index (χ4v) is 3.38. The lowest BCUT2D eigenvalue weighted by Crippen LogP contribution is -2.31. The number of nitrogens with one attached hydrogen (secondary N) is 1. The predicted octanol–water partition coefficient (Wildman–Crippen LogP) is 3.95. The van der Waals surface area contributed by atoms with Gasteiger partial charge in [0, 0.05) is 33.5 Å². The first kappa shape index (κ1) is 17.1. The van der Waals surface area contributed by atoms with E-state index in [2.05, 4.69) is 26.2 Å². The highest BCUT2D eigenvalue weighted by Crippen LogP contribution is 2.29. The fraction of sp³-hybridized carbons (Fsp3) is 0.267. The summed E-state index contributed by atoms with van der Waals surface area (Å²) in [6, 6.07) is 3.90. The maximum atomic E-state index is 12.2. The van der Waals surface area contributed by atoms with Crippen molar-refractivity contribution in [3.63, 3.8) is 0 Å². The van der Waals surface area contributed by atoms with E-state index in [1.54, 1.807) is 5.37 Å². The highest BCUT2D eigenvalue weighted by molar-refractivity contribution is 9.10. The van der Waals surface area contributed by atoms with Crippen molar-refractivity contribution in [1.29, 1.82) is 0 Å². The van der Waals surface area contributed by atoms with Crippen LogP contribution in [0.2, 0.25) is 0 Å². The number of likely N-dealkylation sites (N-methyl/N-ethyl adjacent to an activating group) is 1. The number of amides is 1. The van der Waals surface area contributed by atoms with Gasteiger partial charge in [0.25, 0.3) is 0 Å². The Hall–Kier alpha value is -1.31. The van der Waals surface area contributed by atoms with Crippen LogP contribution in [0.15, 0.2) is 22.0 Å². The normalized spacial score (nSPS) is 10.4. The van der Waals surface area contributed by atoms with Crippen LogP contribution in [0.1, 0.15) is 16.8 Å². The molecule has 2 aromatic rings. The van der Waals surface area contributed by atoms with E-state index in [1.807, 2.05) is 43.3 Å². The first-order chi connectivity index (χ1) is 10.4. The average molecular weight is 398 g/mol. The van der Waals surface area contributed by atoms with E-state index in [4.69, 9.17) is 12.2 Å². The Morgan fingerprint density at radius 3 is 2.82 bits per heavy atom. The quantitative estimate of drug-likeness (QED) is 0.775.